The van der Waals surface area contributed by atoms with Gasteiger partial charge in [-0.1, -0.05) is 11.6 Å². The van der Waals surface area contributed by atoms with Gasteiger partial charge in [0.05, 0.1) is 14.2 Å². The average molecular weight is 347 g/mol. The third-order valence-electron chi connectivity index (χ3n) is 4.45. The van der Waals surface area contributed by atoms with Crippen molar-refractivity contribution in [3.8, 4) is 11.5 Å². The lowest BCUT2D eigenvalue weighted by Gasteiger charge is -2.36. The fraction of sp³-hybridized carbons (Fsp3) is 0.368. The summed E-state index contributed by atoms with van der Waals surface area (Å²) in [5.41, 5.74) is 2.40. The number of nitrogens with zero attached hydrogens (tertiary/aromatic N) is 2. The molecule has 4 nitrogen and oxygen atoms in total. The predicted molar refractivity (Wildman–Crippen MR) is 98.5 cm³/mol. The fourth-order valence-electron chi connectivity index (χ4n) is 3.06. The summed E-state index contributed by atoms with van der Waals surface area (Å²) in [5, 5.41) is 0.780. The molecule has 0 aliphatic carbocycles. The number of benzene rings is 2. The van der Waals surface area contributed by atoms with Crippen molar-refractivity contribution in [1.82, 2.24) is 4.90 Å². The molecule has 0 radical (unpaired) electrons. The second-order valence-electron chi connectivity index (χ2n) is 5.92. The molecule has 5 heteroatoms. The van der Waals surface area contributed by atoms with E-state index in [4.69, 9.17) is 21.1 Å². The lowest BCUT2D eigenvalue weighted by molar-refractivity contribution is 0.245. The number of methoxy groups -OCH3 is 2. The van der Waals surface area contributed by atoms with Crippen molar-refractivity contribution >= 4 is 17.3 Å². The predicted octanol–water partition coefficient (Wildman–Crippen LogP) is 3.68. The molecule has 0 aromatic heterocycles. The summed E-state index contributed by atoms with van der Waals surface area (Å²) >= 11 is 5.97. The van der Waals surface area contributed by atoms with E-state index in [1.54, 1.807) is 14.2 Å². The largest absolute Gasteiger partial charge is 0.497 e. The zero-order valence-electron chi connectivity index (χ0n) is 14.2. The van der Waals surface area contributed by atoms with Crippen molar-refractivity contribution in [3.05, 3.63) is 53.1 Å². The van der Waals surface area contributed by atoms with E-state index < -0.39 is 0 Å². The molecule has 3 rings (SSSR count). The summed E-state index contributed by atoms with van der Waals surface area (Å²) in [7, 11) is 3.40. The monoisotopic (exact) mass is 346 g/mol. The summed E-state index contributed by atoms with van der Waals surface area (Å²) in [4.78, 5) is 4.85. The second kappa shape index (κ2) is 7.77. The third kappa shape index (κ3) is 3.94. The van der Waals surface area contributed by atoms with Gasteiger partial charge in [-0.3, -0.25) is 4.90 Å². The molecule has 24 heavy (non-hydrogen) atoms. The van der Waals surface area contributed by atoms with Crippen LogP contribution in [-0.4, -0.2) is 45.3 Å². The summed E-state index contributed by atoms with van der Waals surface area (Å²) in [6, 6.07) is 14.0. The van der Waals surface area contributed by atoms with E-state index in [9.17, 15) is 0 Å². The second-order valence-corrected chi connectivity index (χ2v) is 6.35. The van der Waals surface area contributed by atoms with Crippen LogP contribution in [0.2, 0.25) is 5.02 Å². The highest BCUT2D eigenvalue weighted by molar-refractivity contribution is 6.30. The quantitative estimate of drug-likeness (QED) is 0.824. The van der Waals surface area contributed by atoms with Gasteiger partial charge in [0.25, 0.3) is 0 Å². The highest BCUT2D eigenvalue weighted by Crippen LogP contribution is 2.26. The standard InChI is InChI=1S/C19H23ClN2O2/c1-23-18-7-8-19(24-2)15(13-18)14-21-9-11-22(12-10-21)17-5-3-16(20)4-6-17/h3-8,13H,9-12,14H2,1-2H3. The molecular formula is C19H23ClN2O2. The minimum Gasteiger partial charge on any atom is -0.497 e. The molecule has 1 fully saturated rings. The molecule has 128 valence electrons. The van der Waals surface area contributed by atoms with Crippen molar-refractivity contribution in [3.63, 3.8) is 0 Å². The fourth-order valence-corrected chi connectivity index (χ4v) is 3.19. The summed E-state index contributed by atoms with van der Waals surface area (Å²) in [6.07, 6.45) is 0. The Labute approximate surface area is 148 Å². The lowest BCUT2D eigenvalue weighted by Crippen LogP contribution is -2.46. The molecular weight excluding hydrogens is 324 g/mol. The molecule has 0 spiro atoms. The Bertz CT molecular complexity index is 668. The van der Waals surface area contributed by atoms with Crippen molar-refractivity contribution in [2.75, 3.05) is 45.3 Å². The van der Waals surface area contributed by atoms with Gasteiger partial charge < -0.3 is 14.4 Å². The molecule has 0 amide bonds. The van der Waals surface area contributed by atoms with Crippen molar-refractivity contribution < 1.29 is 9.47 Å². The number of piperazine rings is 1. The van der Waals surface area contributed by atoms with E-state index in [1.807, 2.05) is 24.3 Å². The smallest absolute Gasteiger partial charge is 0.123 e. The van der Waals surface area contributed by atoms with E-state index in [1.165, 1.54) is 5.69 Å². The first-order valence-corrected chi connectivity index (χ1v) is 8.51. The molecule has 0 atom stereocenters. The van der Waals surface area contributed by atoms with Gasteiger partial charge in [-0.2, -0.15) is 0 Å². The van der Waals surface area contributed by atoms with Gasteiger partial charge in [-0.25, -0.2) is 0 Å². The van der Waals surface area contributed by atoms with Gasteiger partial charge >= 0.3 is 0 Å². The van der Waals surface area contributed by atoms with Crippen molar-refractivity contribution in [1.29, 1.82) is 0 Å². The van der Waals surface area contributed by atoms with Crippen molar-refractivity contribution in [2.24, 2.45) is 0 Å². The molecule has 0 N–H and O–H groups in total. The van der Waals surface area contributed by atoms with E-state index in [2.05, 4.69) is 28.0 Å². The number of hydrogen-bond donors (Lipinski definition) is 0. The van der Waals surface area contributed by atoms with Crippen LogP contribution in [0.3, 0.4) is 0 Å². The molecule has 1 aliphatic heterocycles. The topological polar surface area (TPSA) is 24.9 Å². The van der Waals surface area contributed by atoms with E-state index in [0.717, 1.165) is 54.8 Å². The number of anilines is 1. The summed E-state index contributed by atoms with van der Waals surface area (Å²) < 4.78 is 10.8. The Hall–Kier alpha value is -1.91. The van der Waals surface area contributed by atoms with Crippen LogP contribution in [0.15, 0.2) is 42.5 Å². The van der Waals surface area contributed by atoms with Gasteiger partial charge in [-0.15, -0.1) is 0 Å². The van der Waals surface area contributed by atoms with Gasteiger partial charge in [0.2, 0.25) is 0 Å². The molecule has 2 aromatic rings. The zero-order chi connectivity index (χ0) is 16.9. The maximum atomic E-state index is 5.97. The van der Waals surface area contributed by atoms with Gasteiger partial charge in [0.15, 0.2) is 0 Å². The highest BCUT2D eigenvalue weighted by atomic mass is 35.5. The number of ether oxygens (including phenoxy) is 2. The lowest BCUT2D eigenvalue weighted by atomic mass is 10.1. The zero-order valence-corrected chi connectivity index (χ0v) is 14.9. The Morgan fingerprint density at radius 1 is 0.917 bits per heavy atom. The van der Waals surface area contributed by atoms with Gasteiger partial charge in [0.1, 0.15) is 11.5 Å². The van der Waals surface area contributed by atoms with Crippen LogP contribution in [-0.2, 0) is 6.54 Å². The minimum atomic E-state index is 0.780. The molecule has 1 aliphatic rings. The number of hydrogen-bond acceptors (Lipinski definition) is 4. The van der Waals surface area contributed by atoms with Gasteiger partial charge in [0, 0.05) is 49.0 Å². The molecule has 0 saturated carbocycles. The average Bonchev–Trinajstić information content (AvgIpc) is 2.63. The Kier molecular flexibility index (Phi) is 5.48. The molecule has 1 saturated heterocycles. The van der Waals surface area contributed by atoms with Crippen LogP contribution in [0.25, 0.3) is 0 Å². The highest BCUT2D eigenvalue weighted by Gasteiger charge is 2.18. The SMILES string of the molecule is COc1ccc(OC)c(CN2CCN(c3ccc(Cl)cc3)CC2)c1. The first kappa shape index (κ1) is 16.9. The first-order valence-electron chi connectivity index (χ1n) is 8.13. The van der Waals surface area contributed by atoms with Crippen LogP contribution in [0.5, 0.6) is 11.5 Å². The van der Waals surface area contributed by atoms with Crippen LogP contribution in [0.4, 0.5) is 5.69 Å². The van der Waals surface area contributed by atoms with E-state index in [-0.39, 0.29) is 0 Å². The molecule has 1 heterocycles. The van der Waals surface area contributed by atoms with Gasteiger partial charge in [-0.05, 0) is 42.5 Å². The molecule has 0 unspecified atom stereocenters. The molecule has 2 aromatic carbocycles. The van der Waals surface area contributed by atoms with Crippen LogP contribution in [0, 0.1) is 0 Å². The normalized spacial score (nSPS) is 15.4. The molecule has 0 bridgehead atoms. The third-order valence-corrected chi connectivity index (χ3v) is 4.70. The van der Waals surface area contributed by atoms with E-state index >= 15 is 0 Å². The summed E-state index contributed by atoms with van der Waals surface area (Å²) in [5.74, 6) is 1.78. The maximum absolute atomic E-state index is 5.97. The number of rotatable bonds is 5. The van der Waals surface area contributed by atoms with Crippen molar-refractivity contribution in [2.45, 2.75) is 6.54 Å². The number of halogens is 1. The van der Waals surface area contributed by atoms with Crippen LogP contribution in [0.1, 0.15) is 5.56 Å². The van der Waals surface area contributed by atoms with Crippen LogP contribution >= 0.6 is 11.6 Å². The Morgan fingerprint density at radius 2 is 1.62 bits per heavy atom. The summed E-state index contributed by atoms with van der Waals surface area (Å²) in [6.45, 7) is 4.92. The first-order chi connectivity index (χ1) is 11.7. The van der Waals surface area contributed by atoms with E-state index in [0.29, 0.717) is 0 Å². The minimum absolute atomic E-state index is 0.780. The Morgan fingerprint density at radius 3 is 2.25 bits per heavy atom. The maximum Gasteiger partial charge on any atom is 0.123 e. The van der Waals surface area contributed by atoms with Crippen LogP contribution < -0.4 is 14.4 Å². The Balaban J connectivity index is 1.62.